The average molecular weight is 209 g/mol. The zero-order chi connectivity index (χ0) is 11.1. The van der Waals surface area contributed by atoms with Crippen molar-refractivity contribution < 1.29 is 4.79 Å². The Balaban J connectivity index is 2.16. The van der Waals surface area contributed by atoms with Crippen molar-refractivity contribution in [3.8, 4) is 6.07 Å². The second-order valence-electron chi connectivity index (χ2n) is 4.23. The topological polar surface area (TPSA) is 78.9 Å². The smallest absolute Gasteiger partial charge is 0.240 e. The third-order valence-corrected chi connectivity index (χ3v) is 2.95. The Kier molecular flexibility index (Phi) is 4.57. The van der Waals surface area contributed by atoms with Gasteiger partial charge in [-0.3, -0.25) is 4.79 Å². The summed E-state index contributed by atoms with van der Waals surface area (Å²) in [5.74, 6) is -0.0167. The van der Waals surface area contributed by atoms with Crippen molar-refractivity contribution >= 4 is 5.91 Å². The number of rotatable bonds is 5. The maximum Gasteiger partial charge on any atom is 0.240 e. The van der Waals surface area contributed by atoms with E-state index in [1.54, 1.807) is 0 Å². The molecule has 3 N–H and O–H groups in total. The number of hydrogen-bond donors (Lipinski definition) is 2. The molecule has 0 aromatic rings. The van der Waals surface area contributed by atoms with Gasteiger partial charge < -0.3 is 11.1 Å². The number of unbranched alkanes of at least 4 members (excludes halogenated alkanes) is 2. The van der Waals surface area contributed by atoms with Crippen molar-refractivity contribution in [1.82, 2.24) is 5.32 Å². The van der Waals surface area contributed by atoms with Crippen molar-refractivity contribution in [1.29, 1.82) is 5.26 Å². The van der Waals surface area contributed by atoms with Gasteiger partial charge >= 0.3 is 0 Å². The number of nitriles is 1. The molecular formula is C11H19N3O. The zero-order valence-corrected chi connectivity index (χ0v) is 9.09. The van der Waals surface area contributed by atoms with Gasteiger partial charge in [-0.05, 0) is 25.7 Å². The van der Waals surface area contributed by atoms with Gasteiger partial charge in [-0.1, -0.05) is 12.8 Å². The monoisotopic (exact) mass is 209 g/mol. The van der Waals surface area contributed by atoms with Crippen molar-refractivity contribution in [2.75, 3.05) is 6.54 Å². The second-order valence-corrected chi connectivity index (χ2v) is 4.23. The Labute approximate surface area is 90.8 Å². The quantitative estimate of drug-likeness (QED) is 0.665. The van der Waals surface area contributed by atoms with Gasteiger partial charge in [0, 0.05) is 13.0 Å². The van der Waals surface area contributed by atoms with Crippen LogP contribution in [0.2, 0.25) is 0 Å². The molecule has 1 rings (SSSR count). The molecule has 15 heavy (non-hydrogen) atoms. The number of nitrogens with one attached hydrogen (secondary N) is 1. The molecule has 1 saturated carbocycles. The predicted molar refractivity (Wildman–Crippen MR) is 57.9 cm³/mol. The molecule has 0 aromatic heterocycles. The van der Waals surface area contributed by atoms with Crippen LogP contribution in [0.3, 0.4) is 0 Å². The van der Waals surface area contributed by atoms with Gasteiger partial charge in [-0.15, -0.1) is 0 Å². The van der Waals surface area contributed by atoms with Gasteiger partial charge in [0.1, 0.15) is 0 Å². The molecule has 0 spiro atoms. The maximum atomic E-state index is 11.7. The molecule has 0 heterocycles. The van der Waals surface area contributed by atoms with Crippen LogP contribution in [0.15, 0.2) is 0 Å². The molecule has 0 unspecified atom stereocenters. The van der Waals surface area contributed by atoms with Crippen LogP contribution in [0, 0.1) is 11.3 Å². The molecule has 4 nitrogen and oxygen atoms in total. The molecule has 1 aliphatic carbocycles. The van der Waals surface area contributed by atoms with E-state index < -0.39 is 5.54 Å². The number of carbonyl (C=O) groups excluding carboxylic acids is 1. The van der Waals surface area contributed by atoms with Crippen LogP contribution in [-0.4, -0.2) is 18.0 Å². The van der Waals surface area contributed by atoms with Crippen molar-refractivity contribution in [2.45, 2.75) is 50.5 Å². The van der Waals surface area contributed by atoms with Crippen LogP contribution in [0.25, 0.3) is 0 Å². The third kappa shape index (κ3) is 3.52. The molecule has 0 aromatic carbocycles. The van der Waals surface area contributed by atoms with Crippen molar-refractivity contribution in [3.63, 3.8) is 0 Å². The first-order valence-corrected chi connectivity index (χ1v) is 5.63. The van der Waals surface area contributed by atoms with Gasteiger partial charge in [0.2, 0.25) is 5.91 Å². The van der Waals surface area contributed by atoms with E-state index in [4.69, 9.17) is 11.0 Å². The summed E-state index contributed by atoms with van der Waals surface area (Å²) in [6.45, 7) is 0.638. The SMILES string of the molecule is N#CCCCCNC(=O)C1(N)CCCC1. The van der Waals surface area contributed by atoms with E-state index in [1.807, 2.05) is 0 Å². The largest absolute Gasteiger partial charge is 0.355 e. The Morgan fingerprint density at radius 2 is 2.07 bits per heavy atom. The molecule has 0 aliphatic heterocycles. The van der Waals surface area contributed by atoms with Gasteiger partial charge in [0.15, 0.2) is 0 Å². The van der Waals surface area contributed by atoms with Crippen LogP contribution < -0.4 is 11.1 Å². The number of amides is 1. The average Bonchev–Trinajstić information content (AvgIpc) is 2.66. The van der Waals surface area contributed by atoms with Crippen LogP contribution in [-0.2, 0) is 4.79 Å². The molecule has 1 fully saturated rings. The molecule has 84 valence electrons. The molecule has 0 saturated heterocycles. The molecule has 0 bridgehead atoms. The summed E-state index contributed by atoms with van der Waals surface area (Å²) in [5.41, 5.74) is 5.36. The van der Waals surface area contributed by atoms with E-state index in [0.29, 0.717) is 13.0 Å². The van der Waals surface area contributed by atoms with Crippen LogP contribution in [0.1, 0.15) is 44.9 Å². The Hall–Kier alpha value is -1.08. The lowest BCUT2D eigenvalue weighted by molar-refractivity contribution is -0.126. The van der Waals surface area contributed by atoms with E-state index in [0.717, 1.165) is 38.5 Å². The van der Waals surface area contributed by atoms with Gasteiger partial charge in [-0.2, -0.15) is 5.26 Å². The van der Waals surface area contributed by atoms with Crippen LogP contribution >= 0.6 is 0 Å². The van der Waals surface area contributed by atoms with E-state index >= 15 is 0 Å². The van der Waals surface area contributed by atoms with Crippen LogP contribution in [0.5, 0.6) is 0 Å². The summed E-state index contributed by atoms with van der Waals surface area (Å²) in [4.78, 5) is 11.7. The number of nitrogens with zero attached hydrogens (tertiary/aromatic N) is 1. The molecule has 1 amide bonds. The van der Waals surface area contributed by atoms with Gasteiger partial charge in [0.25, 0.3) is 0 Å². The minimum Gasteiger partial charge on any atom is -0.355 e. The summed E-state index contributed by atoms with van der Waals surface area (Å²) in [6, 6.07) is 2.08. The molecule has 0 radical (unpaired) electrons. The fraction of sp³-hybridized carbons (Fsp3) is 0.818. The normalized spacial score (nSPS) is 18.4. The highest BCUT2D eigenvalue weighted by atomic mass is 16.2. The highest BCUT2D eigenvalue weighted by Gasteiger charge is 2.36. The van der Waals surface area contributed by atoms with Gasteiger partial charge in [-0.25, -0.2) is 0 Å². The van der Waals surface area contributed by atoms with E-state index in [2.05, 4.69) is 11.4 Å². The summed E-state index contributed by atoms with van der Waals surface area (Å²) in [6.07, 6.45) is 5.97. The first-order chi connectivity index (χ1) is 7.19. The third-order valence-electron chi connectivity index (χ3n) is 2.95. The van der Waals surface area contributed by atoms with E-state index in [1.165, 1.54) is 0 Å². The Bertz CT molecular complexity index is 251. The molecule has 1 aliphatic rings. The van der Waals surface area contributed by atoms with E-state index in [9.17, 15) is 4.79 Å². The van der Waals surface area contributed by atoms with Gasteiger partial charge in [0.05, 0.1) is 11.6 Å². The van der Waals surface area contributed by atoms with E-state index in [-0.39, 0.29) is 5.91 Å². The number of carbonyl (C=O) groups is 1. The standard InChI is InChI=1S/C11H19N3O/c12-8-4-1-5-9-14-10(15)11(13)6-2-3-7-11/h1-7,9,13H2,(H,14,15). The number of nitrogens with two attached hydrogens (primary N) is 1. The fourth-order valence-electron chi connectivity index (χ4n) is 1.94. The first kappa shape index (κ1) is 12.0. The lowest BCUT2D eigenvalue weighted by atomic mass is 9.98. The zero-order valence-electron chi connectivity index (χ0n) is 9.09. The lowest BCUT2D eigenvalue weighted by Crippen LogP contribution is -2.52. The Morgan fingerprint density at radius 3 is 2.67 bits per heavy atom. The molecular weight excluding hydrogens is 190 g/mol. The highest BCUT2D eigenvalue weighted by Crippen LogP contribution is 2.27. The minimum absolute atomic E-state index is 0.0167. The summed E-state index contributed by atoms with van der Waals surface area (Å²) < 4.78 is 0. The van der Waals surface area contributed by atoms with Crippen molar-refractivity contribution in [3.05, 3.63) is 0 Å². The lowest BCUT2D eigenvalue weighted by Gasteiger charge is -2.22. The number of hydrogen-bond acceptors (Lipinski definition) is 3. The van der Waals surface area contributed by atoms with Crippen LogP contribution in [0.4, 0.5) is 0 Å². The maximum absolute atomic E-state index is 11.7. The summed E-state index contributed by atoms with van der Waals surface area (Å²) >= 11 is 0. The second kappa shape index (κ2) is 5.72. The molecule has 0 atom stereocenters. The minimum atomic E-state index is -0.616. The Morgan fingerprint density at radius 1 is 1.40 bits per heavy atom. The van der Waals surface area contributed by atoms with Crippen molar-refractivity contribution in [2.24, 2.45) is 5.73 Å². The summed E-state index contributed by atoms with van der Waals surface area (Å²) in [5, 5.41) is 11.2. The summed E-state index contributed by atoms with van der Waals surface area (Å²) in [7, 11) is 0. The predicted octanol–water partition coefficient (Wildman–Crippen LogP) is 1.07. The molecule has 4 heteroatoms. The first-order valence-electron chi connectivity index (χ1n) is 5.63. The highest BCUT2D eigenvalue weighted by molar-refractivity contribution is 5.86. The fourth-order valence-corrected chi connectivity index (χ4v) is 1.94.